The zero-order valence-electron chi connectivity index (χ0n) is 17.4. The molecule has 0 heterocycles. The Bertz CT molecular complexity index is 646. The van der Waals surface area contributed by atoms with Crippen LogP contribution >= 0.6 is 12.6 Å². The second kappa shape index (κ2) is 11.5. The lowest BCUT2D eigenvalue weighted by Gasteiger charge is -2.40. The minimum atomic E-state index is -1.34. The maximum atomic E-state index is 12.6. The summed E-state index contributed by atoms with van der Waals surface area (Å²) < 4.78 is 5.39. The minimum absolute atomic E-state index is 0.0273. The smallest absolute Gasteiger partial charge is 0.407 e. The Hall–Kier alpha value is -1.73. The third-order valence-electron chi connectivity index (χ3n) is 5.74. The Kier molecular flexibility index (Phi) is 9.30. The van der Waals surface area contributed by atoms with Gasteiger partial charge in [-0.1, -0.05) is 56.5 Å². The van der Waals surface area contributed by atoms with Gasteiger partial charge >= 0.3 is 6.09 Å². The molecule has 6 nitrogen and oxygen atoms in total. The molecule has 0 aromatic heterocycles. The van der Waals surface area contributed by atoms with Gasteiger partial charge in [-0.05, 0) is 37.5 Å². The minimum Gasteiger partial charge on any atom is -0.449 e. The topological polar surface area (TPSA) is 87.7 Å². The van der Waals surface area contributed by atoms with E-state index in [-0.39, 0.29) is 11.5 Å². The standard InChI is InChI=1S/C22H34N2O4S/c1-3-4-11-18(24-21(27)28-14-22(15-29)12-8-13-22)19(25)20(26)23-16(2)17-9-6-5-7-10-17/h5-7,9-10,16,18-19,25,29H,3-4,8,11-15H2,1-2H3,(H,23,26)(H,24,27)/t16-,18+,19?/m1/s1. The quantitative estimate of drug-likeness (QED) is 0.410. The van der Waals surface area contributed by atoms with Crippen LogP contribution in [0.1, 0.15) is 64.0 Å². The van der Waals surface area contributed by atoms with Crippen molar-refractivity contribution in [3.8, 4) is 0 Å². The van der Waals surface area contributed by atoms with Crippen molar-refractivity contribution in [3.05, 3.63) is 35.9 Å². The number of unbranched alkanes of at least 4 members (excludes halogenated alkanes) is 1. The van der Waals surface area contributed by atoms with Crippen molar-refractivity contribution in [1.82, 2.24) is 10.6 Å². The highest BCUT2D eigenvalue weighted by molar-refractivity contribution is 7.80. The fourth-order valence-corrected chi connectivity index (χ4v) is 3.88. The average Bonchev–Trinajstić information content (AvgIpc) is 2.70. The van der Waals surface area contributed by atoms with Gasteiger partial charge in [0.1, 0.15) is 0 Å². The van der Waals surface area contributed by atoms with Gasteiger partial charge in [-0.15, -0.1) is 0 Å². The average molecular weight is 423 g/mol. The van der Waals surface area contributed by atoms with Crippen molar-refractivity contribution in [2.75, 3.05) is 12.4 Å². The molecule has 1 aromatic carbocycles. The Morgan fingerprint density at radius 2 is 1.93 bits per heavy atom. The van der Waals surface area contributed by atoms with Gasteiger partial charge in [-0.25, -0.2) is 4.79 Å². The number of amides is 2. The molecule has 162 valence electrons. The first-order valence-corrected chi connectivity index (χ1v) is 11.1. The Morgan fingerprint density at radius 3 is 2.48 bits per heavy atom. The van der Waals surface area contributed by atoms with Crippen LogP contribution in [0.25, 0.3) is 0 Å². The lowest BCUT2D eigenvalue weighted by Crippen LogP contribution is -2.51. The number of ether oxygens (including phenoxy) is 1. The van der Waals surface area contributed by atoms with Gasteiger partial charge in [0, 0.05) is 5.41 Å². The number of hydrogen-bond acceptors (Lipinski definition) is 5. The monoisotopic (exact) mass is 422 g/mol. The molecule has 29 heavy (non-hydrogen) atoms. The van der Waals surface area contributed by atoms with Gasteiger partial charge in [0.2, 0.25) is 0 Å². The molecule has 7 heteroatoms. The number of benzene rings is 1. The van der Waals surface area contributed by atoms with Crippen molar-refractivity contribution in [2.45, 2.75) is 70.6 Å². The predicted molar refractivity (Wildman–Crippen MR) is 117 cm³/mol. The molecule has 0 bridgehead atoms. The van der Waals surface area contributed by atoms with Crippen LogP contribution in [0.2, 0.25) is 0 Å². The van der Waals surface area contributed by atoms with Crippen LogP contribution in [-0.4, -0.2) is 41.6 Å². The molecular formula is C22H34N2O4S. The SMILES string of the molecule is CCCC[C@H](NC(=O)OCC1(CS)CCC1)C(O)C(=O)N[C@H](C)c1ccccc1. The first kappa shape index (κ1) is 23.5. The van der Waals surface area contributed by atoms with Crippen molar-refractivity contribution < 1.29 is 19.4 Å². The van der Waals surface area contributed by atoms with Gasteiger partial charge < -0.3 is 20.5 Å². The molecule has 2 amide bonds. The van der Waals surface area contributed by atoms with E-state index < -0.39 is 24.1 Å². The predicted octanol–water partition coefficient (Wildman–Crippen LogP) is 3.61. The van der Waals surface area contributed by atoms with Crippen LogP contribution in [0.15, 0.2) is 30.3 Å². The maximum absolute atomic E-state index is 12.6. The Labute approximate surface area is 179 Å². The fourth-order valence-electron chi connectivity index (χ4n) is 3.48. The molecule has 0 spiro atoms. The van der Waals surface area contributed by atoms with Crippen LogP contribution < -0.4 is 10.6 Å². The number of carbonyl (C=O) groups excluding carboxylic acids is 2. The van der Waals surface area contributed by atoms with Crippen molar-refractivity contribution in [2.24, 2.45) is 5.41 Å². The third-order valence-corrected chi connectivity index (χ3v) is 6.41. The number of hydrogen-bond donors (Lipinski definition) is 4. The molecule has 0 radical (unpaired) electrons. The van der Waals surface area contributed by atoms with Crippen LogP contribution in [0.3, 0.4) is 0 Å². The van der Waals surface area contributed by atoms with Gasteiger partial charge in [0.15, 0.2) is 6.10 Å². The highest BCUT2D eigenvalue weighted by Gasteiger charge is 2.37. The molecule has 0 aliphatic heterocycles. The summed E-state index contributed by atoms with van der Waals surface area (Å²) in [5.41, 5.74) is 0.920. The van der Waals surface area contributed by atoms with Crippen LogP contribution in [0, 0.1) is 5.41 Å². The number of carbonyl (C=O) groups is 2. The lowest BCUT2D eigenvalue weighted by atomic mass is 9.71. The summed E-state index contributed by atoms with van der Waals surface area (Å²) >= 11 is 4.37. The van der Waals surface area contributed by atoms with E-state index in [2.05, 4.69) is 23.3 Å². The summed E-state index contributed by atoms with van der Waals surface area (Å²) in [6.07, 6.45) is 3.37. The molecular weight excluding hydrogens is 388 g/mol. The first-order valence-electron chi connectivity index (χ1n) is 10.5. The van der Waals surface area contributed by atoms with Gasteiger partial charge in [-0.3, -0.25) is 4.79 Å². The molecule has 1 aliphatic carbocycles. The third kappa shape index (κ3) is 6.93. The van der Waals surface area contributed by atoms with E-state index in [4.69, 9.17) is 4.74 Å². The fraction of sp³-hybridized carbons (Fsp3) is 0.636. The highest BCUT2D eigenvalue weighted by Crippen LogP contribution is 2.41. The molecule has 3 N–H and O–H groups in total. The van der Waals surface area contributed by atoms with E-state index in [0.717, 1.165) is 37.7 Å². The van der Waals surface area contributed by atoms with E-state index in [0.29, 0.717) is 18.8 Å². The van der Waals surface area contributed by atoms with E-state index in [9.17, 15) is 14.7 Å². The number of aliphatic hydroxyl groups excluding tert-OH is 1. The highest BCUT2D eigenvalue weighted by atomic mass is 32.1. The second-order valence-electron chi connectivity index (χ2n) is 8.07. The summed E-state index contributed by atoms with van der Waals surface area (Å²) in [4.78, 5) is 24.9. The number of aliphatic hydroxyl groups is 1. The zero-order valence-corrected chi connectivity index (χ0v) is 18.3. The molecule has 0 saturated heterocycles. The molecule has 1 aliphatic rings. The molecule has 3 atom stereocenters. The number of thiol groups is 1. The summed E-state index contributed by atoms with van der Waals surface area (Å²) in [5, 5.41) is 16.1. The van der Waals surface area contributed by atoms with Gasteiger partial charge in [0.25, 0.3) is 5.91 Å². The van der Waals surface area contributed by atoms with E-state index >= 15 is 0 Å². The van der Waals surface area contributed by atoms with E-state index in [1.807, 2.05) is 44.2 Å². The molecule has 2 rings (SSSR count). The number of rotatable bonds is 11. The summed E-state index contributed by atoms with van der Waals surface area (Å²) in [6.45, 7) is 4.20. The van der Waals surface area contributed by atoms with Gasteiger partial charge in [0.05, 0.1) is 18.7 Å². The Morgan fingerprint density at radius 1 is 1.24 bits per heavy atom. The summed E-state index contributed by atoms with van der Waals surface area (Å²) in [6, 6.07) is 8.60. The molecule has 1 saturated carbocycles. The summed E-state index contributed by atoms with van der Waals surface area (Å²) in [7, 11) is 0. The molecule has 1 fully saturated rings. The Balaban J connectivity index is 1.90. The largest absolute Gasteiger partial charge is 0.449 e. The maximum Gasteiger partial charge on any atom is 0.407 e. The van der Waals surface area contributed by atoms with Crippen LogP contribution in [0.4, 0.5) is 4.79 Å². The number of alkyl carbamates (subject to hydrolysis) is 1. The van der Waals surface area contributed by atoms with Crippen molar-refractivity contribution >= 4 is 24.6 Å². The molecule has 1 aromatic rings. The second-order valence-corrected chi connectivity index (χ2v) is 8.38. The van der Waals surface area contributed by atoms with E-state index in [1.54, 1.807) is 0 Å². The number of nitrogens with one attached hydrogen (secondary N) is 2. The zero-order chi connectivity index (χ0) is 21.3. The van der Waals surface area contributed by atoms with Crippen molar-refractivity contribution in [1.29, 1.82) is 0 Å². The normalized spacial score (nSPS) is 18.1. The van der Waals surface area contributed by atoms with E-state index in [1.165, 1.54) is 0 Å². The lowest BCUT2D eigenvalue weighted by molar-refractivity contribution is -0.131. The van der Waals surface area contributed by atoms with Crippen LogP contribution in [-0.2, 0) is 9.53 Å². The summed E-state index contributed by atoms with van der Waals surface area (Å²) in [5.74, 6) is 0.177. The van der Waals surface area contributed by atoms with Crippen LogP contribution in [0.5, 0.6) is 0 Å². The molecule has 1 unspecified atom stereocenters. The first-order chi connectivity index (χ1) is 13.9. The van der Waals surface area contributed by atoms with Gasteiger partial charge in [-0.2, -0.15) is 12.6 Å². The van der Waals surface area contributed by atoms with Crippen molar-refractivity contribution in [3.63, 3.8) is 0 Å².